The van der Waals surface area contributed by atoms with Gasteiger partial charge >= 0.3 is 11.9 Å². The normalized spacial score (nSPS) is 17.5. The summed E-state index contributed by atoms with van der Waals surface area (Å²) in [5, 5.41) is 14.2. The average molecular weight is 475 g/mol. The summed E-state index contributed by atoms with van der Waals surface area (Å²) in [6.45, 7) is 5.41. The van der Waals surface area contributed by atoms with Gasteiger partial charge in [0.25, 0.3) is 5.69 Å². The maximum atomic E-state index is 12.8. The fourth-order valence-electron chi connectivity index (χ4n) is 3.88. The number of nitrogens with zero attached hydrogens (tertiary/aromatic N) is 2. The zero-order valence-corrected chi connectivity index (χ0v) is 19.9. The Morgan fingerprint density at radius 3 is 2.44 bits per heavy atom. The number of hydrogen-bond acceptors (Lipinski definition) is 9. The smallest absolute Gasteiger partial charge is 0.336 e. The molecule has 1 amide bonds. The lowest BCUT2D eigenvalue weighted by molar-refractivity contribution is -0.385. The van der Waals surface area contributed by atoms with E-state index in [1.54, 1.807) is 13.8 Å². The second-order valence-corrected chi connectivity index (χ2v) is 7.74. The van der Waals surface area contributed by atoms with Crippen molar-refractivity contribution in [2.75, 3.05) is 27.4 Å². The molecule has 1 N–H and O–H groups in total. The zero-order chi connectivity index (χ0) is 25.4. The Morgan fingerprint density at radius 2 is 1.85 bits per heavy atom. The summed E-state index contributed by atoms with van der Waals surface area (Å²) >= 11 is 0. The lowest BCUT2D eigenvalue weighted by Crippen LogP contribution is -2.36. The Morgan fingerprint density at radius 1 is 1.15 bits per heavy atom. The number of non-ortho nitro benzene ring substituents is 1. The molecule has 2 rings (SSSR count). The van der Waals surface area contributed by atoms with E-state index in [2.05, 4.69) is 10.3 Å². The molecule has 0 aromatic heterocycles. The average Bonchev–Trinajstić information content (AvgIpc) is 2.79. The highest BCUT2D eigenvalue weighted by molar-refractivity contribution is 6.07. The van der Waals surface area contributed by atoms with Gasteiger partial charge in [0.15, 0.2) is 0 Å². The number of methoxy groups -OCH3 is 2. The third kappa shape index (κ3) is 6.18. The monoisotopic (exact) mass is 475 g/mol. The number of esters is 2. The molecule has 1 heterocycles. The molecule has 34 heavy (non-hydrogen) atoms. The van der Waals surface area contributed by atoms with Gasteiger partial charge in [-0.15, -0.1) is 0 Å². The number of nitrogens with one attached hydrogen (secondary N) is 1. The fourth-order valence-corrected chi connectivity index (χ4v) is 3.88. The second-order valence-electron chi connectivity index (χ2n) is 7.74. The van der Waals surface area contributed by atoms with E-state index in [0.29, 0.717) is 30.8 Å². The summed E-state index contributed by atoms with van der Waals surface area (Å²) < 4.78 is 15.8. The highest BCUT2D eigenvalue weighted by Crippen LogP contribution is 2.44. The molecule has 0 radical (unpaired) electrons. The first-order valence-corrected chi connectivity index (χ1v) is 10.7. The minimum atomic E-state index is -1.01. The summed E-state index contributed by atoms with van der Waals surface area (Å²) in [7, 11) is 2.42. The van der Waals surface area contributed by atoms with Crippen molar-refractivity contribution in [2.45, 2.75) is 39.5 Å². The molecule has 0 saturated heterocycles. The molecule has 0 saturated carbocycles. The quantitative estimate of drug-likeness (QED) is 0.235. The number of carbonyl (C=O) groups excluding carboxylic acids is 3. The van der Waals surface area contributed by atoms with Crippen LogP contribution in [0.4, 0.5) is 5.69 Å². The molecule has 11 nitrogen and oxygen atoms in total. The van der Waals surface area contributed by atoms with Crippen molar-refractivity contribution in [3.8, 4) is 5.75 Å². The minimum absolute atomic E-state index is 0.0968. The number of ether oxygens (including phenoxy) is 3. The van der Waals surface area contributed by atoms with E-state index < -0.39 is 28.7 Å². The Labute approximate surface area is 197 Å². The summed E-state index contributed by atoms with van der Waals surface area (Å²) in [4.78, 5) is 51.8. The van der Waals surface area contributed by atoms with Crippen molar-refractivity contribution in [1.29, 1.82) is 0 Å². The van der Waals surface area contributed by atoms with Gasteiger partial charge in [0, 0.05) is 48.5 Å². The van der Waals surface area contributed by atoms with Gasteiger partial charge in [-0.2, -0.15) is 0 Å². The maximum absolute atomic E-state index is 12.8. The van der Waals surface area contributed by atoms with E-state index in [1.807, 2.05) is 0 Å². The van der Waals surface area contributed by atoms with Gasteiger partial charge in [0.05, 0.1) is 31.3 Å². The number of amides is 1. The zero-order valence-electron chi connectivity index (χ0n) is 19.9. The topological polar surface area (TPSA) is 146 Å². The van der Waals surface area contributed by atoms with Gasteiger partial charge in [-0.05, 0) is 32.8 Å². The van der Waals surface area contributed by atoms with Crippen LogP contribution >= 0.6 is 0 Å². The van der Waals surface area contributed by atoms with Crippen molar-refractivity contribution >= 4 is 29.2 Å². The lowest BCUT2D eigenvalue weighted by Gasteiger charge is -2.31. The second kappa shape index (κ2) is 11.9. The van der Waals surface area contributed by atoms with E-state index in [1.165, 1.54) is 39.3 Å². The molecule has 0 fully saturated rings. The minimum Gasteiger partial charge on any atom is -0.493 e. The molecule has 1 aromatic rings. The molecule has 2 atom stereocenters. The largest absolute Gasteiger partial charge is 0.493 e. The number of unbranched alkanes of at least 4 members (excludes halogenated alkanes) is 1. The van der Waals surface area contributed by atoms with Crippen LogP contribution in [0, 0.1) is 16.0 Å². The molecule has 0 bridgehead atoms. The first-order valence-electron chi connectivity index (χ1n) is 10.7. The number of nitro benzene ring substituents is 1. The molecule has 11 heteroatoms. The Kier molecular flexibility index (Phi) is 9.28. The SMILES string of the molecule is COC(=O)C1=C(C)N=C(C)C(C(=O)OC)C1c1cc([N+](=O)[O-])ccc1OCCCCNC(C)=O. The molecule has 1 aliphatic rings. The molecular formula is C23H29N3O8. The highest BCUT2D eigenvalue weighted by atomic mass is 16.6. The van der Waals surface area contributed by atoms with Crippen molar-refractivity contribution in [3.05, 3.63) is 45.1 Å². The van der Waals surface area contributed by atoms with Gasteiger partial charge in [-0.25, -0.2) is 4.79 Å². The summed E-state index contributed by atoms with van der Waals surface area (Å²) in [5.41, 5.74) is 0.885. The summed E-state index contributed by atoms with van der Waals surface area (Å²) in [6.07, 6.45) is 1.26. The third-order valence-corrected chi connectivity index (χ3v) is 5.43. The predicted octanol–water partition coefficient (Wildman–Crippen LogP) is 2.68. The maximum Gasteiger partial charge on any atom is 0.336 e. The van der Waals surface area contributed by atoms with Crippen LogP contribution in [0.3, 0.4) is 0 Å². The van der Waals surface area contributed by atoms with Crippen LogP contribution in [0.2, 0.25) is 0 Å². The van der Waals surface area contributed by atoms with Crippen molar-refractivity contribution < 1.29 is 33.5 Å². The van der Waals surface area contributed by atoms with Crippen LogP contribution in [-0.2, 0) is 23.9 Å². The number of aliphatic imine (C=N–C) groups is 1. The molecule has 1 aliphatic heterocycles. The number of benzene rings is 1. The molecule has 2 unspecified atom stereocenters. The number of nitro groups is 1. The van der Waals surface area contributed by atoms with Crippen molar-refractivity contribution in [2.24, 2.45) is 10.9 Å². The van der Waals surface area contributed by atoms with Crippen molar-refractivity contribution in [1.82, 2.24) is 5.32 Å². The lowest BCUT2D eigenvalue weighted by atomic mass is 9.75. The van der Waals surface area contributed by atoms with Crippen LogP contribution in [0.1, 0.15) is 45.1 Å². The summed E-state index contributed by atoms with van der Waals surface area (Å²) in [6, 6.07) is 4.03. The molecular weight excluding hydrogens is 446 g/mol. The van der Waals surface area contributed by atoms with E-state index in [0.717, 1.165) is 0 Å². The van der Waals surface area contributed by atoms with Gasteiger partial charge < -0.3 is 19.5 Å². The van der Waals surface area contributed by atoms with Gasteiger partial charge in [0.1, 0.15) is 11.7 Å². The highest BCUT2D eigenvalue weighted by Gasteiger charge is 2.43. The van der Waals surface area contributed by atoms with Crippen molar-refractivity contribution in [3.63, 3.8) is 0 Å². The predicted molar refractivity (Wildman–Crippen MR) is 123 cm³/mol. The van der Waals surface area contributed by atoms with E-state index in [9.17, 15) is 24.5 Å². The number of hydrogen-bond donors (Lipinski definition) is 1. The molecule has 1 aromatic carbocycles. The fraction of sp³-hybridized carbons (Fsp3) is 0.478. The van der Waals surface area contributed by atoms with Crippen LogP contribution in [0.15, 0.2) is 34.5 Å². The number of allylic oxidation sites excluding steroid dienone is 1. The van der Waals surface area contributed by atoms with Crippen LogP contribution < -0.4 is 10.1 Å². The van der Waals surface area contributed by atoms with E-state index in [-0.39, 0.29) is 35.1 Å². The van der Waals surface area contributed by atoms with Crippen LogP contribution in [0.25, 0.3) is 0 Å². The number of rotatable bonds is 10. The Bertz CT molecular complexity index is 1030. The Balaban J connectivity index is 2.53. The standard InChI is InChI=1S/C23H29N3O8/c1-13-19(22(28)32-4)21(20(14(2)25-13)23(29)33-5)17-12-16(26(30)31)8-9-18(17)34-11-7-6-10-24-15(3)27/h8-9,12,19,21H,6-7,10-11H2,1-5H3,(H,24,27). The molecule has 0 aliphatic carbocycles. The Hall–Kier alpha value is -3.76. The molecule has 184 valence electrons. The van der Waals surface area contributed by atoms with Crippen LogP contribution in [0.5, 0.6) is 5.75 Å². The molecule has 0 spiro atoms. The first kappa shape index (κ1) is 26.5. The first-order chi connectivity index (χ1) is 16.1. The van der Waals surface area contributed by atoms with Gasteiger partial charge in [-0.1, -0.05) is 0 Å². The van der Waals surface area contributed by atoms with Crippen LogP contribution in [-0.4, -0.2) is 55.9 Å². The van der Waals surface area contributed by atoms with Gasteiger partial charge in [-0.3, -0.25) is 24.7 Å². The van der Waals surface area contributed by atoms with Gasteiger partial charge in [0.2, 0.25) is 5.91 Å². The number of carbonyl (C=O) groups is 3. The van der Waals surface area contributed by atoms with E-state index in [4.69, 9.17) is 14.2 Å². The summed E-state index contributed by atoms with van der Waals surface area (Å²) in [5.74, 6) is -3.17. The van der Waals surface area contributed by atoms with E-state index >= 15 is 0 Å². The third-order valence-electron chi connectivity index (χ3n) is 5.43.